The van der Waals surface area contributed by atoms with E-state index in [2.05, 4.69) is 20.2 Å². The molecule has 1 N–H and O–H groups in total. The molecule has 1 aromatic carbocycles. The molecule has 1 aliphatic rings. The first-order valence-electron chi connectivity index (χ1n) is 11.9. The highest BCUT2D eigenvalue weighted by molar-refractivity contribution is 5.76. The minimum absolute atomic E-state index is 0.174. The van der Waals surface area contributed by atoms with E-state index in [0.717, 1.165) is 61.1 Å². The summed E-state index contributed by atoms with van der Waals surface area (Å²) in [4.78, 5) is 17.2. The van der Waals surface area contributed by atoms with E-state index in [1.165, 1.54) is 0 Å². The van der Waals surface area contributed by atoms with Crippen LogP contribution in [-0.2, 0) is 17.8 Å². The first-order chi connectivity index (χ1) is 16.9. The van der Waals surface area contributed by atoms with Gasteiger partial charge in [0.25, 0.3) is 0 Å². The average molecular weight is 475 g/mol. The first-order valence-corrected chi connectivity index (χ1v) is 11.9. The molecule has 0 bridgehead atoms. The number of hydrogen-bond donors (Lipinski definition) is 1. The molecule has 3 aromatic heterocycles. The Morgan fingerprint density at radius 1 is 1.00 bits per heavy atom. The molecule has 4 heterocycles. The number of rotatable bonds is 6. The van der Waals surface area contributed by atoms with Gasteiger partial charge in [-0.15, -0.1) is 15.3 Å². The number of hydrogen-bond acceptors (Lipinski definition) is 7. The van der Waals surface area contributed by atoms with Gasteiger partial charge in [0.1, 0.15) is 5.75 Å². The van der Waals surface area contributed by atoms with E-state index in [1.54, 1.807) is 16.6 Å². The van der Waals surface area contributed by atoms with Crippen molar-refractivity contribution >= 4 is 11.6 Å². The Balaban J connectivity index is 1.19. The van der Waals surface area contributed by atoms with E-state index in [1.807, 2.05) is 54.6 Å². The van der Waals surface area contributed by atoms with Gasteiger partial charge in [0.05, 0.1) is 5.69 Å². The van der Waals surface area contributed by atoms with E-state index in [4.69, 9.17) is 5.10 Å². The van der Waals surface area contributed by atoms with Crippen molar-refractivity contribution in [2.24, 2.45) is 0 Å². The van der Waals surface area contributed by atoms with Crippen LogP contribution in [0.4, 0.5) is 0 Å². The number of phenols is 1. The topological polar surface area (TPSA) is 105 Å². The maximum Gasteiger partial charge on any atom is 0.222 e. The minimum atomic E-state index is 0.174. The Morgan fingerprint density at radius 3 is 2.57 bits per heavy atom. The van der Waals surface area contributed by atoms with Crippen molar-refractivity contribution in [2.75, 3.05) is 26.2 Å². The summed E-state index contributed by atoms with van der Waals surface area (Å²) in [7, 11) is 0. The third kappa shape index (κ3) is 4.74. The Bertz CT molecular complexity index is 1370. The molecule has 0 saturated carbocycles. The highest BCUT2D eigenvalue weighted by Crippen LogP contribution is 2.20. The zero-order valence-electron chi connectivity index (χ0n) is 20.3. The Morgan fingerprint density at radius 2 is 1.80 bits per heavy atom. The fourth-order valence-corrected chi connectivity index (χ4v) is 4.72. The van der Waals surface area contributed by atoms with E-state index in [-0.39, 0.29) is 11.7 Å². The molecule has 1 aliphatic heterocycles. The molecule has 5 rings (SSSR count). The number of phenolic OH excluding ortho intramolecular Hbond substituents is 1. The Kier molecular flexibility index (Phi) is 6.21. The lowest BCUT2D eigenvalue weighted by Gasteiger charge is -2.34. The first kappa shape index (κ1) is 23.0. The fraction of sp³-hybridized carbons (Fsp3) is 0.400. The Labute approximate surface area is 203 Å². The summed E-state index contributed by atoms with van der Waals surface area (Å²) in [5.41, 5.74) is 4.77. The number of aromatic hydroxyl groups is 1. The zero-order chi connectivity index (χ0) is 24.5. The second kappa shape index (κ2) is 9.46. The van der Waals surface area contributed by atoms with Gasteiger partial charge in [-0.2, -0.15) is 9.61 Å². The molecule has 4 aromatic rings. The maximum atomic E-state index is 13.0. The summed E-state index contributed by atoms with van der Waals surface area (Å²) >= 11 is 0. The number of fused-ring (bicyclic) bond motifs is 1. The number of aromatic nitrogens is 6. The maximum absolute atomic E-state index is 13.0. The second-order valence-electron chi connectivity index (χ2n) is 9.10. The molecule has 0 atom stereocenters. The normalized spacial score (nSPS) is 14.7. The third-order valence-electron chi connectivity index (χ3n) is 6.69. The fourth-order valence-electron chi connectivity index (χ4n) is 4.72. The number of amides is 1. The monoisotopic (exact) mass is 474 g/mol. The molecular formula is C25H30N8O2. The molecule has 0 aliphatic carbocycles. The number of aryl methyl sites for hydroxylation is 2. The Hall–Kier alpha value is -3.79. The van der Waals surface area contributed by atoms with Crippen molar-refractivity contribution < 1.29 is 9.90 Å². The van der Waals surface area contributed by atoms with Crippen molar-refractivity contribution in [1.82, 2.24) is 39.4 Å². The smallest absolute Gasteiger partial charge is 0.222 e. The SMILES string of the molecule is Cc1nn(-c2ccc3nnc(C)n3n2)c(C)c1CCC(=O)N1CCN(Cc2cccc(O)c2)CC1. The van der Waals surface area contributed by atoms with E-state index < -0.39 is 0 Å². The summed E-state index contributed by atoms with van der Waals surface area (Å²) in [5, 5.41) is 27.1. The van der Waals surface area contributed by atoms with Crippen molar-refractivity contribution in [1.29, 1.82) is 0 Å². The van der Waals surface area contributed by atoms with Gasteiger partial charge >= 0.3 is 0 Å². The van der Waals surface area contributed by atoms with Crippen LogP contribution >= 0.6 is 0 Å². The van der Waals surface area contributed by atoms with Crippen LogP contribution in [0.1, 0.15) is 34.8 Å². The lowest BCUT2D eigenvalue weighted by atomic mass is 10.1. The van der Waals surface area contributed by atoms with Crippen LogP contribution in [0.5, 0.6) is 5.75 Å². The van der Waals surface area contributed by atoms with Crippen molar-refractivity contribution in [2.45, 2.75) is 40.2 Å². The van der Waals surface area contributed by atoms with Gasteiger partial charge in [-0.05, 0) is 62.6 Å². The van der Waals surface area contributed by atoms with E-state index in [0.29, 0.717) is 24.3 Å². The highest BCUT2D eigenvalue weighted by Gasteiger charge is 2.22. The molecule has 182 valence electrons. The lowest BCUT2D eigenvalue weighted by Crippen LogP contribution is -2.48. The standard InChI is InChI=1S/C25H30N8O2/c1-17-22(18(2)32(28-17)24-9-8-23-27-26-19(3)33(23)29-24)7-10-25(35)31-13-11-30(12-14-31)16-20-5-4-6-21(34)15-20/h4-6,8-9,15,34H,7,10-14,16H2,1-3H3. The number of nitrogens with zero attached hydrogens (tertiary/aromatic N) is 8. The van der Waals surface area contributed by atoms with Gasteiger partial charge < -0.3 is 10.0 Å². The molecule has 35 heavy (non-hydrogen) atoms. The van der Waals surface area contributed by atoms with E-state index in [9.17, 15) is 9.90 Å². The molecule has 1 amide bonds. The van der Waals surface area contributed by atoms with Crippen LogP contribution in [0.15, 0.2) is 36.4 Å². The van der Waals surface area contributed by atoms with Crippen molar-refractivity contribution in [3.05, 3.63) is 64.7 Å². The summed E-state index contributed by atoms with van der Waals surface area (Å²) in [6, 6.07) is 11.1. The zero-order valence-corrected chi connectivity index (χ0v) is 20.3. The molecule has 1 fully saturated rings. The molecule has 0 spiro atoms. The molecule has 10 heteroatoms. The quantitative estimate of drug-likeness (QED) is 0.457. The van der Waals surface area contributed by atoms with Crippen LogP contribution in [0, 0.1) is 20.8 Å². The second-order valence-corrected chi connectivity index (χ2v) is 9.10. The highest BCUT2D eigenvalue weighted by atomic mass is 16.3. The van der Waals surface area contributed by atoms with Gasteiger partial charge in [-0.25, -0.2) is 4.68 Å². The molecular weight excluding hydrogens is 444 g/mol. The van der Waals surface area contributed by atoms with Crippen LogP contribution in [0.3, 0.4) is 0 Å². The van der Waals surface area contributed by atoms with Gasteiger partial charge in [0, 0.05) is 44.8 Å². The van der Waals surface area contributed by atoms with Crippen LogP contribution in [-0.4, -0.2) is 76.6 Å². The van der Waals surface area contributed by atoms with Crippen molar-refractivity contribution in [3.8, 4) is 11.6 Å². The van der Waals surface area contributed by atoms with Crippen LogP contribution < -0.4 is 0 Å². The van der Waals surface area contributed by atoms with E-state index >= 15 is 0 Å². The predicted octanol–water partition coefficient (Wildman–Crippen LogP) is 2.22. The minimum Gasteiger partial charge on any atom is -0.508 e. The largest absolute Gasteiger partial charge is 0.508 e. The van der Waals surface area contributed by atoms with Crippen LogP contribution in [0.25, 0.3) is 11.5 Å². The number of carbonyl (C=O) groups excluding carboxylic acids is 1. The summed E-state index contributed by atoms with van der Waals surface area (Å²) in [6.07, 6.45) is 1.10. The van der Waals surface area contributed by atoms with Crippen molar-refractivity contribution in [3.63, 3.8) is 0 Å². The number of carbonyl (C=O) groups is 1. The van der Waals surface area contributed by atoms with Gasteiger partial charge in [0.2, 0.25) is 5.91 Å². The molecule has 1 saturated heterocycles. The summed E-state index contributed by atoms with van der Waals surface area (Å²) < 4.78 is 3.53. The molecule has 10 nitrogen and oxygen atoms in total. The predicted molar refractivity (Wildman–Crippen MR) is 130 cm³/mol. The number of piperazine rings is 1. The van der Waals surface area contributed by atoms with Gasteiger partial charge in [-0.1, -0.05) is 12.1 Å². The summed E-state index contributed by atoms with van der Waals surface area (Å²) in [5.74, 6) is 1.88. The third-order valence-corrected chi connectivity index (χ3v) is 6.69. The lowest BCUT2D eigenvalue weighted by molar-refractivity contribution is -0.133. The summed E-state index contributed by atoms with van der Waals surface area (Å²) in [6.45, 7) is 9.73. The number of benzene rings is 1. The van der Waals surface area contributed by atoms with Gasteiger partial charge in [0.15, 0.2) is 17.3 Å². The van der Waals surface area contributed by atoms with Crippen LogP contribution in [0.2, 0.25) is 0 Å². The average Bonchev–Trinajstić information content (AvgIpc) is 3.36. The molecule has 0 unspecified atom stereocenters. The van der Waals surface area contributed by atoms with Gasteiger partial charge in [-0.3, -0.25) is 9.69 Å². The molecule has 0 radical (unpaired) electrons.